The molecule has 94 valence electrons. The van der Waals surface area contributed by atoms with E-state index in [4.69, 9.17) is 23.2 Å². The number of benzene rings is 2. The second-order valence-electron chi connectivity index (χ2n) is 3.28. The maximum absolute atomic E-state index is 11.9. The summed E-state index contributed by atoms with van der Waals surface area (Å²) in [6.07, 6.45) is 0. The fourth-order valence-corrected chi connectivity index (χ4v) is 5.68. The van der Waals surface area contributed by atoms with Gasteiger partial charge in [0.25, 0.3) is 0 Å². The summed E-state index contributed by atoms with van der Waals surface area (Å²) in [6, 6.07) is 14.6. The summed E-state index contributed by atoms with van der Waals surface area (Å²) in [4.78, 5) is 1.86. The minimum absolute atomic E-state index is 0.676. The number of hydrogen-bond acceptors (Lipinski definition) is 3. The van der Waals surface area contributed by atoms with E-state index in [-0.39, 0.29) is 0 Å². The van der Waals surface area contributed by atoms with Crippen LogP contribution in [0, 0.1) is 0 Å². The average Bonchev–Trinajstić information content (AvgIpc) is 2.35. The zero-order valence-electron chi connectivity index (χ0n) is 9.01. The van der Waals surface area contributed by atoms with Gasteiger partial charge in [-0.25, -0.2) is 4.21 Å². The zero-order chi connectivity index (χ0) is 13.0. The van der Waals surface area contributed by atoms with Crippen LogP contribution < -0.4 is 0 Å². The molecule has 0 aliphatic rings. The van der Waals surface area contributed by atoms with Crippen molar-refractivity contribution in [1.29, 1.82) is 0 Å². The molecule has 0 bridgehead atoms. The molecule has 0 heterocycles. The highest BCUT2D eigenvalue weighted by molar-refractivity contribution is 9.02. The van der Waals surface area contributed by atoms with E-state index in [0.29, 0.717) is 10.0 Å². The molecule has 18 heavy (non-hydrogen) atoms. The van der Waals surface area contributed by atoms with Crippen LogP contribution in [0.5, 0.6) is 0 Å². The molecule has 0 radical (unpaired) electrons. The quantitative estimate of drug-likeness (QED) is 0.691. The second kappa shape index (κ2) is 6.87. The molecule has 0 fully saturated rings. The Labute approximate surface area is 126 Å². The zero-order valence-corrected chi connectivity index (χ0v) is 13.0. The molecule has 0 aromatic heterocycles. The lowest BCUT2D eigenvalue weighted by atomic mass is 10.4. The summed E-state index contributed by atoms with van der Waals surface area (Å²) in [5, 5.41) is 1.35. The third kappa shape index (κ3) is 4.52. The Morgan fingerprint density at radius 1 is 0.722 bits per heavy atom. The molecule has 0 saturated heterocycles. The predicted octanol–water partition coefficient (Wildman–Crippen LogP) is 5.46. The summed E-state index contributed by atoms with van der Waals surface area (Å²) < 4.78 is 11.9. The first kappa shape index (κ1) is 14.3. The lowest BCUT2D eigenvalue weighted by molar-refractivity contribution is 0.699. The van der Waals surface area contributed by atoms with Crippen molar-refractivity contribution in [2.45, 2.75) is 9.79 Å². The van der Waals surface area contributed by atoms with Gasteiger partial charge in [-0.15, -0.1) is 0 Å². The molecule has 0 saturated carbocycles. The van der Waals surface area contributed by atoms with Crippen LogP contribution in [0.3, 0.4) is 0 Å². The Morgan fingerprint density at radius 2 is 1.06 bits per heavy atom. The van der Waals surface area contributed by atoms with Gasteiger partial charge in [0.1, 0.15) is 0 Å². The Hall–Kier alpha value is -0.130. The van der Waals surface area contributed by atoms with Crippen molar-refractivity contribution < 1.29 is 4.21 Å². The third-order valence-corrected chi connectivity index (χ3v) is 6.86. The van der Waals surface area contributed by atoms with Crippen molar-refractivity contribution >= 4 is 53.7 Å². The molecule has 2 aromatic rings. The van der Waals surface area contributed by atoms with Crippen LogP contribution in [0.4, 0.5) is 0 Å². The molecule has 0 atom stereocenters. The van der Waals surface area contributed by atoms with E-state index in [2.05, 4.69) is 0 Å². The van der Waals surface area contributed by atoms with Crippen molar-refractivity contribution in [3.05, 3.63) is 58.6 Å². The van der Waals surface area contributed by atoms with Gasteiger partial charge in [-0.2, -0.15) is 0 Å². The number of halogens is 2. The minimum Gasteiger partial charge on any atom is -0.235 e. The van der Waals surface area contributed by atoms with Crippen molar-refractivity contribution in [3.63, 3.8) is 0 Å². The van der Waals surface area contributed by atoms with Gasteiger partial charge in [0.15, 0.2) is 8.86 Å². The van der Waals surface area contributed by atoms with E-state index in [9.17, 15) is 4.21 Å². The van der Waals surface area contributed by atoms with E-state index >= 15 is 0 Å². The molecule has 0 aliphatic heterocycles. The van der Waals surface area contributed by atoms with E-state index in [1.807, 2.05) is 24.3 Å². The van der Waals surface area contributed by atoms with Gasteiger partial charge in [0, 0.05) is 19.8 Å². The Bertz CT molecular complexity index is 491. The summed E-state index contributed by atoms with van der Waals surface area (Å²) in [6.45, 7) is 0. The highest BCUT2D eigenvalue weighted by Crippen LogP contribution is 2.34. The van der Waals surface area contributed by atoms with E-state index < -0.39 is 8.86 Å². The molecule has 2 aromatic carbocycles. The number of rotatable bonds is 4. The van der Waals surface area contributed by atoms with Crippen molar-refractivity contribution in [1.82, 2.24) is 0 Å². The smallest absolute Gasteiger partial charge is 0.150 e. The van der Waals surface area contributed by atoms with E-state index in [1.165, 1.54) is 21.6 Å². The van der Waals surface area contributed by atoms with E-state index in [1.54, 1.807) is 24.3 Å². The summed E-state index contributed by atoms with van der Waals surface area (Å²) >= 11 is 11.6. The Morgan fingerprint density at radius 3 is 1.39 bits per heavy atom. The lowest BCUT2D eigenvalue weighted by Gasteiger charge is -2.01. The minimum atomic E-state index is -1.09. The highest BCUT2D eigenvalue weighted by Gasteiger charge is 2.05. The third-order valence-electron chi connectivity index (χ3n) is 1.96. The first-order valence-corrected chi connectivity index (χ1v) is 9.50. The fraction of sp³-hybridized carbons (Fsp3) is 0. The second-order valence-corrected chi connectivity index (χ2v) is 9.29. The first-order valence-electron chi connectivity index (χ1n) is 4.93. The topological polar surface area (TPSA) is 17.1 Å². The van der Waals surface area contributed by atoms with Crippen molar-refractivity contribution in [3.8, 4) is 0 Å². The fourth-order valence-electron chi connectivity index (χ4n) is 1.15. The van der Waals surface area contributed by atoms with Gasteiger partial charge in [-0.1, -0.05) is 23.2 Å². The average molecular weight is 335 g/mol. The van der Waals surface area contributed by atoms with Crippen LogP contribution in [0.1, 0.15) is 0 Å². The summed E-state index contributed by atoms with van der Waals surface area (Å²) in [5.74, 6) is 0. The largest absolute Gasteiger partial charge is 0.235 e. The van der Waals surface area contributed by atoms with E-state index in [0.717, 1.165) is 9.79 Å². The first-order chi connectivity index (χ1) is 8.63. The molecular weight excluding hydrogens is 327 g/mol. The Kier molecular flexibility index (Phi) is 5.45. The van der Waals surface area contributed by atoms with Gasteiger partial charge < -0.3 is 0 Å². The van der Waals surface area contributed by atoms with Crippen LogP contribution in [0.15, 0.2) is 58.3 Å². The van der Waals surface area contributed by atoms with Crippen LogP contribution in [0.25, 0.3) is 0 Å². The molecule has 6 heteroatoms. The summed E-state index contributed by atoms with van der Waals surface area (Å²) in [5.41, 5.74) is 0. The maximum Gasteiger partial charge on any atom is 0.150 e. The SMILES string of the molecule is O=S(Sc1ccc(Cl)cc1)Sc1ccc(Cl)cc1. The lowest BCUT2D eigenvalue weighted by Crippen LogP contribution is -1.78. The van der Waals surface area contributed by atoms with Crippen LogP contribution in [0.2, 0.25) is 10.0 Å². The van der Waals surface area contributed by atoms with Gasteiger partial charge in [-0.3, -0.25) is 0 Å². The van der Waals surface area contributed by atoms with Gasteiger partial charge >= 0.3 is 0 Å². The molecule has 0 aliphatic carbocycles. The normalized spacial score (nSPS) is 10.8. The van der Waals surface area contributed by atoms with Crippen LogP contribution >= 0.6 is 44.8 Å². The van der Waals surface area contributed by atoms with Crippen molar-refractivity contribution in [2.75, 3.05) is 0 Å². The standard InChI is InChI=1S/C12H8Cl2OS3/c13-9-1-5-11(6-2-9)16-18(15)17-12-7-3-10(14)4-8-12/h1-8H. The molecule has 1 nitrogen and oxygen atoms in total. The monoisotopic (exact) mass is 334 g/mol. The van der Waals surface area contributed by atoms with Gasteiger partial charge in [0.05, 0.1) is 0 Å². The number of hydrogen-bond donors (Lipinski definition) is 0. The van der Waals surface area contributed by atoms with Gasteiger partial charge in [0.2, 0.25) is 0 Å². The van der Waals surface area contributed by atoms with Crippen molar-refractivity contribution in [2.24, 2.45) is 0 Å². The molecule has 0 unspecified atom stereocenters. The van der Waals surface area contributed by atoms with Crippen LogP contribution in [-0.4, -0.2) is 4.21 Å². The van der Waals surface area contributed by atoms with Crippen LogP contribution in [-0.2, 0) is 8.86 Å². The Balaban J connectivity index is 1.96. The predicted molar refractivity (Wildman–Crippen MR) is 82.8 cm³/mol. The highest BCUT2D eigenvalue weighted by atomic mass is 35.5. The molecule has 2 rings (SSSR count). The summed E-state index contributed by atoms with van der Waals surface area (Å²) in [7, 11) is 1.50. The molecule has 0 N–H and O–H groups in total. The molecule has 0 spiro atoms. The van der Waals surface area contributed by atoms with Gasteiger partial charge in [-0.05, 0) is 70.1 Å². The maximum atomic E-state index is 11.9. The molecular formula is C12H8Cl2OS3. The molecule has 0 amide bonds.